The van der Waals surface area contributed by atoms with Gasteiger partial charge in [-0.25, -0.2) is 4.98 Å². The van der Waals surface area contributed by atoms with Crippen LogP contribution in [0.5, 0.6) is 5.88 Å². The van der Waals surface area contributed by atoms with Gasteiger partial charge in [-0.1, -0.05) is 13.0 Å². The summed E-state index contributed by atoms with van der Waals surface area (Å²) in [6, 6.07) is 3.95. The normalized spacial score (nSPS) is 16.0. The molecule has 1 aliphatic rings. The lowest BCUT2D eigenvalue weighted by Gasteiger charge is -2.30. The van der Waals surface area contributed by atoms with Gasteiger partial charge in [-0.15, -0.1) is 24.0 Å². The van der Waals surface area contributed by atoms with Crippen LogP contribution < -0.4 is 15.4 Å². The molecule has 1 aliphatic heterocycles. The van der Waals surface area contributed by atoms with E-state index in [0.29, 0.717) is 19.0 Å². The zero-order valence-corrected chi connectivity index (χ0v) is 18.7. The number of guanidine groups is 1. The lowest BCUT2D eigenvalue weighted by Crippen LogP contribution is -2.39. The van der Waals surface area contributed by atoms with Crippen molar-refractivity contribution in [2.75, 3.05) is 39.8 Å². The molecule has 2 N–H and O–H groups in total. The minimum absolute atomic E-state index is 0. The van der Waals surface area contributed by atoms with Crippen molar-refractivity contribution in [3.8, 4) is 5.88 Å². The summed E-state index contributed by atoms with van der Waals surface area (Å²) in [5.41, 5.74) is 1.04. The first-order valence-corrected chi connectivity index (χ1v) is 9.46. The first-order valence-electron chi connectivity index (χ1n) is 9.46. The van der Waals surface area contributed by atoms with Crippen molar-refractivity contribution in [2.45, 2.75) is 39.7 Å². The van der Waals surface area contributed by atoms with E-state index in [9.17, 15) is 0 Å². The van der Waals surface area contributed by atoms with Gasteiger partial charge >= 0.3 is 0 Å². The van der Waals surface area contributed by atoms with E-state index in [1.807, 2.05) is 19.1 Å². The molecule has 0 bridgehead atoms. The van der Waals surface area contributed by atoms with E-state index in [1.54, 1.807) is 13.2 Å². The Bertz CT molecular complexity index is 532. The molecule has 0 radical (unpaired) electrons. The Balaban J connectivity index is 0.00000338. The summed E-state index contributed by atoms with van der Waals surface area (Å²) in [6.07, 6.45) is 5.56. The highest BCUT2D eigenvalue weighted by Crippen LogP contribution is 2.16. The van der Waals surface area contributed by atoms with Crippen LogP contribution in [-0.4, -0.2) is 55.7 Å². The van der Waals surface area contributed by atoms with E-state index >= 15 is 0 Å². The molecule has 0 amide bonds. The Morgan fingerprint density at radius 1 is 1.35 bits per heavy atom. The van der Waals surface area contributed by atoms with Crippen LogP contribution >= 0.6 is 24.0 Å². The fourth-order valence-corrected chi connectivity index (χ4v) is 3.02. The predicted octanol–water partition coefficient (Wildman–Crippen LogP) is 2.89. The van der Waals surface area contributed by atoms with Gasteiger partial charge in [0.05, 0.1) is 6.61 Å². The highest BCUT2D eigenvalue weighted by Gasteiger charge is 2.14. The highest BCUT2D eigenvalue weighted by atomic mass is 127. The van der Waals surface area contributed by atoms with Gasteiger partial charge in [-0.05, 0) is 57.8 Å². The number of halogens is 1. The zero-order chi connectivity index (χ0) is 17.9. The minimum Gasteiger partial charge on any atom is -0.478 e. The smallest absolute Gasteiger partial charge is 0.218 e. The molecule has 2 rings (SSSR count). The van der Waals surface area contributed by atoms with Crippen LogP contribution in [0.3, 0.4) is 0 Å². The fourth-order valence-electron chi connectivity index (χ4n) is 3.02. The second-order valence-corrected chi connectivity index (χ2v) is 6.63. The topological polar surface area (TPSA) is 61.8 Å². The van der Waals surface area contributed by atoms with Gasteiger partial charge in [0.1, 0.15) is 0 Å². The molecule has 7 heteroatoms. The van der Waals surface area contributed by atoms with E-state index in [2.05, 4.69) is 32.4 Å². The van der Waals surface area contributed by atoms with Crippen LogP contribution in [0.15, 0.2) is 23.3 Å². The minimum atomic E-state index is 0. The molecular weight excluding hydrogens is 441 g/mol. The predicted molar refractivity (Wildman–Crippen MR) is 118 cm³/mol. The number of piperidine rings is 1. The first kappa shape index (κ1) is 23.0. The molecule has 1 aromatic rings. The van der Waals surface area contributed by atoms with Crippen molar-refractivity contribution in [3.63, 3.8) is 0 Å². The van der Waals surface area contributed by atoms with Crippen LogP contribution in [0.25, 0.3) is 0 Å². The average Bonchev–Trinajstić information content (AvgIpc) is 2.64. The number of nitrogens with one attached hydrogen (secondary N) is 2. The third-order valence-electron chi connectivity index (χ3n) is 4.62. The number of likely N-dealkylation sites (tertiary alicyclic amines) is 1. The molecule has 26 heavy (non-hydrogen) atoms. The van der Waals surface area contributed by atoms with Crippen molar-refractivity contribution < 1.29 is 4.74 Å². The van der Waals surface area contributed by atoms with Gasteiger partial charge in [0.15, 0.2) is 5.96 Å². The molecule has 0 saturated carbocycles. The summed E-state index contributed by atoms with van der Waals surface area (Å²) in [5.74, 6) is 2.40. The summed E-state index contributed by atoms with van der Waals surface area (Å²) >= 11 is 0. The molecule has 2 heterocycles. The quantitative estimate of drug-likeness (QED) is 0.262. The van der Waals surface area contributed by atoms with Crippen molar-refractivity contribution in [1.29, 1.82) is 0 Å². The van der Waals surface area contributed by atoms with E-state index in [-0.39, 0.29) is 24.0 Å². The van der Waals surface area contributed by atoms with Crippen LogP contribution in [0.2, 0.25) is 0 Å². The van der Waals surface area contributed by atoms with Gasteiger partial charge in [0.2, 0.25) is 5.88 Å². The standard InChI is InChI=1S/C19H33N5O.HI/c1-4-25-18-17(7-5-10-21-18)15-23-19(20-3)22-11-6-12-24-13-8-16(2)9-14-24;/h5,7,10,16H,4,6,8-9,11-15H2,1-3H3,(H2,20,22,23);1H. The Hall–Kier alpha value is -1.09. The monoisotopic (exact) mass is 475 g/mol. The van der Waals surface area contributed by atoms with Crippen molar-refractivity contribution >= 4 is 29.9 Å². The molecular formula is C19H34IN5O. The van der Waals surface area contributed by atoms with E-state index < -0.39 is 0 Å². The van der Waals surface area contributed by atoms with Gasteiger partial charge in [0, 0.05) is 31.9 Å². The summed E-state index contributed by atoms with van der Waals surface area (Å²) in [5, 5.41) is 6.72. The number of nitrogens with zero attached hydrogens (tertiary/aromatic N) is 3. The van der Waals surface area contributed by atoms with Crippen molar-refractivity contribution in [3.05, 3.63) is 23.9 Å². The van der Waals surface area contributed by atoms with Crippen molar-refractivity contribution in [2.24, 2.45) is 10.9 Å². The van der Waals surface area contributed by atoms with Crippen LogP contribution in [0.4, 0.5) is 0 Å². The Morgan fingerprint density at radius 2 is 2.12 bits per heavy atom. The fraction of sp³-hybridized carbons (Fsp3) is 0.684. The molecule has 1 fully saturated rings. The Kier molecular flexibility index (Phi) is 11.6. The number of hydrogen-bond donors (Lipinski definition) is 2. The number of aliphatic imine (C=N–C) groups is 1. The SMILES string of the molecule is CCOc1ncccc1CNC(=NC)NCCCN1CCC(C)CC1.I. The number of ether oxygens (including phenoxy) is 1. The molecule has 0 aromatic carbocycles. The van der Waals surface area contributed by atoms with Gasteiger partial charge in [-0.2, -0.15) is 0 Å². The first-order chi connectivity index (χ1) is 12.2. The maximum absolute atomic E-state index is 5.56. The third kappa shape index (κ3) is 8.07. The summed E-state index contributed by atoms with van der Waals surface area (Å²) in [6.45, 7) is 10.2. The largest absolute Gasteiger partial charge is 0.478 e. The van der Waals surface area contributed by atoms with Crippen LogP contribution in [0, 0.1) is 5.92 Å². The number of pyridine rings is 1. The van der Waals surface area contributed by atoms with Gasteiger partial charge in [0.25, 0.3) is 0 Å². The molecule has 0 atom stereocenters. The van der Waals surface area contributed by atoms with Gasteiger partial charge < -0.3 is 20.3 Å². The molecule has 0 unspecified atom stereocenters. The number of hydrogen-bond acceptors (Lipinski definition) is 4. The lowest BCUT2D eigenvalue weighted by atomic mass is 9.99. The third-order valence-corrected chi connectivity index (χ3v) is 4.62. The summed E-state index contributed by atoms with van der Waals surface area (Å²) < 4.78 is 5.56. The molecule has 0 aliphatic carbocycles. The van der Waals surface area contributed by atoms with E-state index in [0.717, 1.165) is 37.0 Å². The molecule has 148 valence electrons. The molecule has 0 spiro atoms. The van der Waals surface area contributed by atoms with Crippen LogP contribution in [0.1, 0.15) is 38.7 Å². The maximum Gasteiger partial charge on any atom is 0.218 e. The second-order valence-electron chi connectivity index (χ2n) is 6.63. The maximum atomic E-state index is 5.56. The average molecular weight is 475 g/mol. The van der Waals surface area contributed by atoms with E-state index in [4.69, 9.17) is 4.74 Å². The van der Waals surface area contributed by atoms with Crippen LogP contribution in [-0.2, 0) is 6.54 Å². The Morgan fingerprint density at radius 3 is 2.81 bits per heavy atom. The molecule has 1 saturated heterocycles. The lowest BCUT2D eigenvalue weighted by molar-refractivity contribution is 0.191. The van der Waals surface area contributed by atoms with E-state index in [1.165, 1.54) is 25.9 Å². The molecule has 6 nitrogen and oxygen atoms in total. The highest BCUT2D eigenvalue weighted by molar-refractivity contribution is 14.0. The second kappa shape index (κ2) is 13.1. The summed E-state index contributed by atoms with van der Waals surface area (Å²) in [4.78, 5) is 11.1. The summed E-state index contributed by atoms with van der Waals surface area (Å²) in [7, 11) is 1.80. The number of aromatic nitrogens is 1. The zero-order valence-electron chi connectivity index (χ0n) is 16.3. The Labute approximate surface area is 175 Å². The van der Waals surface area contributed by atoms with Gasteiger partial charge in [-0.3, -0.25) is 4.99 Å². The molecule has 1 aromatic heterocycles. The number of rotatable bonds is 8. The van der Waals surface area contributed by atoms with Crippen molar-refractivity contribution in [1.82, 2.24) is 20.5 Å².